The van der Waals surface area contributed by atoms with Gasteiger partial charge < -0.3 is 19.2 Å². The first-order valence-electron chi connectivity index (χ1n) is 7.45. The Hall–Kier alpha value is -3.53. The Kier molecular flexibility index (Phi) is 5.94. The number of rotatable bonds is 5. The Balaban J connectivity index is 2.78. The molecule has 0 amide bonds. The lowest BCUT2D eigenvalue weighted by atomic mass is 9.89. The van der Waals surface area contributed by atoms with Crippen molar-refractivity contribution in [2.24, 2.45) is 0 Å². The van der Waals surface area contributed by atoms with Crippen LogP contribution in [-0.4, -0.2) is 61.5 Å². The quantitative estimate of drug-likeness (QED) is 0.238. The van der Waals surface area contributed by atoms with Gasteiger partial charge in [0.25, 0.3) is 0 Å². The number of carbonyl (C=O) groups excluding carboxylic acids is 5. The number of H-pyrrole nitrogens is 1. The molecular formula is C17H13ClN2O8. The number of ether oxygens (including phenoxy) is 3. The topological polar surface area (TPSA) is 153 Å². The molecule has 0 bridgehead atoms. The van der Waals surface area contributed by atoms with Crippen LogP contribution in [-0.2, 0) is 28.6 Å². The van der Waals surface area contributed by atoms with Crippen molar-refractivity contribution in [2.45, 2.75) is 0 Å². The number of halogens is 1. The number of methoxy groups -OCH3 is 3. The van der Waals surface area contributed by atoms with Gasteiger partial charge in [-0.05, 0) is 12.1 Å². The molecule has 1 heterocycles. The summed E-state index contributed by atoms with van der Waals surface area (Å²) in [6.07, 6.45) is 0.779. The van der Waals surface area contributed by atoms with E-state index in [0.29, 0.717) is 0 Å². The number of hydrogen-bond donors (Lipinski definition) is 2. The largest absolute Gasteiger partial charge is 0.465 e. The van der Waals surface area contributed by atoms with Gasteiger partial charge in [-0.25, -0.2) is 14.4 Å². The number of nitrogens with one attached hydrogen (secondary N) is 2. The summed E-state index contributed by atoms with van der Waals surface area (Å²) in [7, 11) is 3.16. The smallest absolute Gasteiger partial charge is 0.355 e. The lowest BCUT2D eigenvalue weighted by molar-refractivity contribution is -0.135. The minimum Gasteiger partial charge on any atom is -0.465 e. The highest BCUT2D eigenvalue weighted by Gasteiger charge is 2.38. The molecule has 146 valence electrons. The highest BCUT2D eigenvalue weighted by atomic mass is 35.5. The fraction of sp³-hybridized carbons (Fsp3) is 0.176. The zero-order valence-corrected chi connectivity index (χ0v) is 15.6. The summed E-state index contributed by atoms with van der Waals surface area (Å²) in [5.41, 5.74) is -2.07. The molecule has 0 spiro atoms. The van der Waals surface area contributed by atoms with E-state index in [1.807, 2.05) is 0 Å². The Morgan fingerprint density at radius 1 is 1.04 bits per heavy atom. The molecule has 0 saturated carbocycles. The Labute approximate surface area is 162 Å². The van der Waals surface area contributed by atoms with E-state index in [9.17, 15) is 24.0 Å². The van der Waals surface area contributed by atoms with Gasteiger partial charge in [-0.15, -0.1) is 0 Å². The van der Waals surface area contributed by atoms with Crippen molar-refractivity contribution >= 4 is 52.4 Å². The Morgan fingerprint density at radius 2 is 1.64 bits per heavy atom. The third kappa shape index (κ3) is 3.49. The van der Waals surface area contributed by atoms with E-state index in [1.54, 1.807) is 0 Å². The van der Waals surface area contributed by atoms with Gasteiger partial charge in [0.1, 0.15) is 16.4 Å². The van der Waals surface area contributed by atoms with Gasteiger partial charge in [0.05, 0.1) is 38.2 Å². The monoisotopic (exact) mass is 408 g/mol. The van der Waals surface area contributed by atoms with Crippen LogP contribution >= 0.6 is 11.6 Å². The van der Waals surface area contributed by atoms with E-state index in [0.717, 1.165) is 33.5 Å². The molecule has 1 aromatic heterocycles. The van der Waals surface area contributed by atoms with Gasteiger partial charge in [-0.1, -0.05) is 11.6 Å². The van der Waals surface area contributed by atoms with Crippen LogP contribution in [0.25, 0.3) is 5.57 Å². The molecule has 2 rings (SSSR count). The van der Waals surface area contributed by atoms with E-state index < -0.39 is 45.8 Å². The number of hydrogen-bond acceptors (Lipinski definition) is 9. The van der Waals surface area contributed by atoms with Crippen LogP contribution in [0.3, 0.4) is 0 Å². The van der Waals surface area contributed by atoms with E-state index in [1.165, 1.54) is 0 Å². The zero-order chi connectivity index (χ0) is 21.2. The fourth-order valence-electron chi connectivity index (χ4n) is 2.41. The third-order valence-electron chi connectivity index (χ3n) is 3.71. The van der Waals surface area contributed by atoms with Gasteiger partial charge in [-0.3, -0.25) is 15.0 Å². The second kappa shape index (κ2) is 8.01. The maximum atomic E-state index is 12.3. The first-order chi connectivity index (χ1) is 13.2. The molecule has 0 radical (unpaired) electrons. The second-order valence-corrected chi connectivity index (χ2v) is 5.64. The summed E-state index contributed by atoms with van der Waals surface area (Å²) in [4.78, 5) is 62.6. The number of ketones is 2. The van der Waals surface area contributed by atoms with Crippen LogP contribution in [0.5, 0.6) is 0 Å². The molecule has 0 aromatic carbocycles. The summed E-state index contributed by atoms with van der Waals surface area (Å²) in [5, 5.41) is 7.05. The van der Waals surface area contributed by atoms with E-state index in [2.05, 4.69) is 19.2 Å². The lowest BCUT2D eigenvalue weighted by Gasteiger charge is -2.17. The summed E-state index contributed by atoms with van der Waals surface area (Å²) >= 11 is 6.01. The van der Waals surface area contributed by atoms with Crippen LogP contribution < -0.4 is 0 Å². The SMILES string of the molecule is COC(=O)C(=N)/C=C(/C(=O)OC)C1=C(Cl)C(=O)C(=O)c2cc(C(=O)OC)[nH]c21. The van der Waals surface area contributed by atoms with Crippen LogP contribution in [0.2, 0.25) is 0 Å². The predicted molar refractivity (Wildman–Crippen MR) is 94.1 cm³/mol. The van der Waals surface area contributed by atoms with Crippen molar-refractivity contribution in [2.75, 3.05) is 21.3 Å². The summed E-state index contributed by atoms with van der Waals surface area (Å²) in [6, 6.07) is 1.07. The molecule has 2 N–H and O–H groups in total. The predicted octanol–water partition coefficient (Wildman–Crippen LogP) is 0.809. The summed E-state index contributed by atoms with van der Waals surface area (Å²) in [6.45, 7) is 0. The average molecular weight is 409 g/mol. The molecule has 0 atom stereocenters. The highest BCUT2D eigenvalue weighted by Crippen LogP contribution is 2.37. The zero-order valence-electron chi connectivity index (χ0n) is 14.8. The van der Waals surface area contributed by atoms with Crippen molar-refractivity contribution < 1.29 is 38.2 Å². The maximum Gasteiger partial charge on any atom is 0.355 e. The molecule has 0 saturated heterocycles. The maximum absolute atomic E-state index is 12.3. The van der Waals surface area contributed by atoms with Crippen LogP contribution in [0.15, 0.2) is 22.7 Å². The lowest BCUT2D eigenvalue weighted by Crippen LogP contribution is -2.24. The van der Waals surface area contributed by atoms with Crippen LogP contribution in [0.1, 0.15) is 26.5 Å². The van der Waals surface area contributed by atoms with Crippen LogP contribution in [0.4, 0.5) is 0 Å². The van der Waals surface area contributed by atoms with Gasteiger partial charge in [0, 0.05) is 5.57 Å². The minimum absolute atomic E-state index is 0.135. The first kappa shape index (κ1) is 20.8. The number of carbonyl (C=O) groups is 5. The number of aromatic amines is 1. The number of Topliss-reactive ketones (excluding diaryl/α,β-unsaturated/α-hetero) is 2. The number of esters is 3. The van der Waals surface area contributed by atoms with E-state index in [4.69, 9.17) is 17.0 Å². The van der Waals surface area contributed by atoms with Gasteiger partial charge in [-0.2, -0.15) is 0 Å². The van der Waals surface area contributed by atoms with E-state index in [-0.39, 0.29) is 22.5 Å². The van der Waals surface area contributed by atoms with Gasteiger partial charge in [0.15, 0.2) is 0 Å². The highest BCUT2D eigenvalue weighted by molar-refractivity contribution is 6.65. The normalized spacial score (nSPS) is 13.8. The summed E-state index contributed by atoms with van der Waals surface area (Å²) < 4.78 is 13.6. The van der Waals surface area contributed by atoms with E-state index >= 15 is 0 Å². The molecule has 0 fully saturated rings. The number of allylic oxidation sites excluding steroid dienone is 1. The molecule has 1 aliphatic rings. The summed E-state index contributed by atoms with van der Waals surface area (Å²) in [5.74, 6) is -5.11. The van der Waals surface area contributed by atoms with Crippen molar-refractivity contribution in [3.8, 4) is 0 Å². The molecular weight excluding hydrogens is 396 g/mol. The van der Waals surface area contributed by atoms with Crippen molar-refractivity contribution in [3.63, 3.8) is 0 Å². The number of fused-ring (bicyclic) bond motifs is 1. The Bertz CT molecular complexity index is 999. The van der Waals surface area contributed by atoms with Gasteiger partial charge >= 0.3 is 17.9 Å². The Morgan fingerprint density at radius 3 is 2.18 bits per heavy atom. The van der Waals surface area contributed by atoms with Crippen LogP contribution in [0, 0.1) is 5.41 Å². The molecule has 1 aromatic rings. The molecule has 0 unspecified atom stereocenters. The minimum atomic E-state index is -1.14. The molecule has 11 heteroatoms. The molecule has 28 heavy (non-hydrogen) atoms. The molecule has 10 nitrogen and oxygen atoms in total. The standard InChI is InChI=1S/C17H13ClN2O8/c1-26-15(23)6(4-8(19)16(24)27-2)10-11(18)14(22)13(21)7-5-9(17(25)28-3)20-12(7)10/h4-5,19-20H,1-3H3/b6-4+,19-8?. The third-order valence-corrected chi connectivity index (χ3v) is 4.07. The van der Waals surface area contributed by atoms with Crippen molar-refractivity contribution in [1.29, 1.82) is 5.41 Å². The fourth-order valence-corrected chi connectivity index (χ4v) is 2.69. The first-order valence-corrected chi connectivity index (χ1v) is 7.83. The van der Waals surface area contributed by atoms with Crippen molar-refractivity contribution in [1.82, 2.24) is 4.98 Å². The molecule has 0 aliphatic heterocycles. The average Bonchev–Trinajstić information content (AvgIpc) is 3.14. The molecule has 1 aliphatic carbocycles. The second-order valence-electron chi connectivity index (χ2n) is 5.27. The van der Waals surface area contributed by atoms with Gasteiger partial charge in [0.2, 0.25) is 11.6 Å². The number of aromatic nitrogens is 1. The van der Waals surface area contributed by atoms with Crippen molar-refractivity contribution in [3.05, 3.63) is 39.7 Å².